The fourth-order valence-electron chi connectivity index (χ4n) is 4.98. The Hall–Kier alpha value is -4.08. The summed E-state index contributed by atoms with van der Waals surface area (Å²) in [6.45, 7) is 1.22. The zero-order valence-electron chi connectivity index (χ0n) is 22.7. The molecular weight excluding hydrogens is 691 g/mol. The summed E-state index contributed by atoms with van der Waals surface area (Å²) in [5.74, 6) is -2.06. The molecule has 4 aromatic carbocycles. The van der Waals surface area contributed by atoms with Gasteiger partial charge in [-0.1, -0.05) is 59.1 Å². The molecule has 0 bridgehead atoms. The van der Waals surface area contributed by atoms with Gasteiger partial charge in [0.2, 0.25) is 5.78 Å². The number of ketones is 1. The number of pyridine rings is 1. The molecule has 0 radical (unpaired) electrons. The molecule has 0 fully saturated rings. The number of carbonyl (C=O) groups is 4. The van der Waals surface area contributed by atoms with E-state index in [2.05, 4.69) is 15.9 Å². The summed E-state index contributed by atoms with van der Waals surface area (Å²) >= 11 is 22.0. The molecule has 1 aliphatic heterocycles. The van der Waals surface area contributed by atoms with Crippen LogP contribution in [0.4, 0.5) is 5.69 Å². The van der Waals surface area contributed by atoms with Gasteiger partial charge in [-0.2, -0.15) is 0 Å². The minimum absolute atomic E-state index is 0.147. The molecule has 2 amide bonds. The molecule has 1 aliphatic rings. The Bertz CT molecular complexity index is 2030. The quantitative estimate of drug-likeness (QED) is 0.0995. The first-order chi connectivity index (χ1) is 21.0. The largest absolute Gasteiger partial charge is 0.454 e. The number of rotatable bonds is 6. The van der Waals surface area contributed by atoms with Crippen molar-refractivity contribution in [3.05, 3.63) is 126 Å². The predicted octanol–water partition coefficient (Wildman–Crippen LogP) is 8.77. The number of fused-ring (bicyclic) bond motifs is 2. The molecule has 0 N–H and O–H groups in total. The second-order valence-electron chi connectivity index (χ2n) is 9.91. The third-order valence-electron chi connectivity index (χ3n) is 7.22. The van der Waals surface area contributed by atoms with Crippen molar-refractivity contribution in [2.24, 2.45) is 0 Å². The van der Waals surface area contributed by atoms with Crippen LogP contribution in [-0.2, 0) is 4.74 Å². The van der Waals surface area contributed by atoms with Crippen LogP contribution >= 0.6 is 50.7 Å². The number of carbonyl (C=O) groups excluding carboxylic acids is 4. The highest BCUT2D eigenvalue weighted by Crippen LogP contribution is 2.36. The molecule has 7 nitrogen and oxygen atoms in total. The summed E-state index contributed by atoms with van der Waals surface area (Å²) in [5, 5.41) is 1.41. The molecule has 0 saturated heterocycles. The Morgan fingerprint density at radius 1 is 0.864 bits per heavy atom. The number of nitrogens with zero attached hydrogens (tertiary/aromatic N) is 2. The number of aryl methyl sites for hydroxylation is 1. The number of benzene rings is 4. The maximum atomic E-state index is 13.4. The van der Waals surface area contributed by atoms with E-state index in [0.717, 1.165) is 4.90 Å². The zero-order chi connectivity index (χ0) is 31.3. The van der Waals surface area contributed by atoms with E-state index in [1.807, 2.05) is 0 Å². The second-order valence-corrected chi connectivity index (χ2v) is 12.0. The predicted molar refractivity (Wildman–Crippen MR) is 173 cm³/mol. The molecule has 0 atom stereocenters. The van der Waals surface area contributed by atoms with Gasteiger partial charge in [-0.3, -0.25) is 14.4 Å². The average Bonchev–Trinajstić information content (AvgIpc) is 3.27. The third kappa shape index (κ3) is 5.28. The topological polar surface area (TPSA) is 93.6 Å². The summed E-state index contributed by atoms with van der Waals surface area (Å²) in [6.07, 6.45) is 0. The molecule has 6 rings (SSSR count). The van der Waals surface area contributed by atoms with Crippen LogP contribution in [0.25, 0.3) is 22.2 Å². The first-order valence-electron chi connectivity index (χ1n) is 13.1. The smallest absolute Gasteiger partial charge is 0.339 e. The number of hydrogen-bond donors (Lipinski definition) is 0. The zero-order valence-corrected chi connectivity index (χ0v) is 26.5. The summed E-state index contributed by atoms with van der Waals surface area (Å²) in [5.41, 5.74) is 3.50. The molecule has 2 heterocycles. The average molecular weight is 709 g/mol. The molecule has 218 valence electrons. The summed E-state index contributed by atoms with van der Waals surface area (Å²) < 4.78 is 6.00. The van der Waals surface area contributed by atoms with Crippen LogP contribution in [0.15, 0.2) is 83.3 Å². The number of esters is 1. The van der Waals surface area contributed by atoms with E-state index < -0.39 is 30.2 Å². The molecule has 11 heteroatoms. The molecule has 0 aliphatic carbocycles. The van der Waals surface area contributed by atoms with Crippen molar-refractivity contribution in [1.82, 2.24) is 4.98 Å². The number of ether oxygens (including phenoxy) is 1. The van der Waals surface area contributed by atoms with E-state index in [1.165, 1.54) is 18.2 Å². The Morgan fingerprint density at radius 2 is 1.52 bits per heavy atom. The van der Waals surface area contributed by atoms with Gasteiger partial charge in [-0.05, 0) is 83.0 Å². The number of amides is 2. The van der Waals surface area contributed by atoms with Gasteiger partial charge in [0.15, 0.2) is 6.61 Å². The number of aromatic nitrogens is 1. The fourth-order valence-corrected chi connectivity index (χ4v) is 6.17. The van der Waals surface area contributed by atoms with Crippen LogP contribution in [0.5, 0.6) is 0 Å². The van der Waals surface area contributed by atoms with Crippen molar-refractivity contribution in [1.29, 1.82) is 0 Å². The first kappa shape index (κ1) is 30.0. The highest BCUT2D eigenvalue weighted by molar-refractivity contribution is 9.10. The lowest BCUT2D eigenvalue weighted by atomic mass is 10.0. The normalized spacial score (nSPS) is 12.5. The standard InChI is InChI=1S/C33H18BrCl3N2O5/c1-16-29(37)25(34)13-23-24(33(43)44-15-28(40)22-11-8-18(35)12-26(22)36)14-27(38-30(16)23)17-6-9-19(10-7-17)39-31(41)20-4-2-3-5-21(20)32(39)42/h2-14H,15H2,1H3. The van der Waals surface area contributed by atoms with Crippen molar-refractivity contribution in [3.8, 4) is 11.3 Å². The maximum Gasteiger partial charge on any atom is 0.339 e. The van der Waals surface area contributed by atoms with E-state index in [0.29, 0.717) is 59.1 Å². The van der Waals surface area contributed by atoms with E-state index in [-0.39, 0.29) is 16.1 Å². The van der Waals surface area contributed by atoms with Gasteiger partial charge in [0.25, 0.3) is 11.8 Å². The minimum atomic E-state index is -0.756. The summed E-state index contributed by atoms with van der Waals surface area (Å²) in [7, 11) is 0. The van der Waals surface area contributed by atoms with Gasteiger partial charge >= 0.3 is 5.97 Å². The molecule has 0 spiro atoms. The number of Topliss-reactive ketones (excluding diaryl/α,β-unsaturated/α-hetero) is 1. The van der Waals surface area contributed by atoms with Gasteiger partial charge in [0, 0.05) is 26.0 Å². The van der Waals surface area contributed by atoms with Crippen molar-refractivity contribution in [2.75, 3.05) is 11.5 Å². The lowest BCUT2D eigenvalue weighted by Crippen LogP contribution is -2.29. The van der Waals surface area contributed by atoms with Crippen LogP contribution in [0, 0.1) is 6.92 Å². The first-order valence-corrected chi connectivity index (χ1v) is 15.0. The lowest BCUT2D eigenvalue weighted by Gasteiger charge is -2.15. The second kappa shape index (κ2) is 11.8. The molecule has 44 heavy (non-hydrogen) atoms. The molecule has 1 aromatic heterocycles. The Morgan fingerprint density at radius 3 is 2.16 bits per heavy atom. The van der Waals surface area contributed by atoms with Crippen molar-refractivity contribution < 1.29 is 23.9 Å². The number of halogens is 4. The number of anilines is 1. The SMILES string of the molecule is Cc1c(Cl)c(Br)cc2c(C(=O)OCC(=O)c3ccc(Cl)cc3Cl)cc(-c3ccc(N4C(=O)c5ccccc5C4=O)cc3)nc12. The highest BCUT2D eigenvalue weighted by atomic mass is 79.9. The van der Waals surface area contributed by atoms with Crippen LogP contribution < -0.4 is 4.90 Å². The van der Waals surface area contributed by atoms with Crippen LogP contribution in [0.2, 0.25) is 15.1 Å². The van der Waals surface area contributed by atoms with Crippen LogP contribution in [0.1, 0.15) is 47.0 Å². The third-order valence-corrected chi connectivity index (χ3v) is 9.11. The van der Waals surface area contributed by atoms with E-state index in [4.69, 9.17) is 44.5 Å². The van der Waals surface area contributed by atoms with Crippen molar-refractivity contribution >= 4 is 90.9 Å². The van der Waals surface area contributed by atoms with Crippen LogP contribution in [0.3, 0.4) is 0 Å². The van der Waals surface area contributed by atoms with Gasteiger partial charge in [0.1, 0.15) is 0 Å². The minimum Gasteiger partial charge on any atom is -0.454 e. The molecular formula is C33H18BrCl3N2O5. The monoisotopic (exact) mass is 706 g/mol. The van der Waals surface area contributed by atoms with Crippen molar-refractivity contribution in [3.63, 3.8) is 0 Å². The molecule has 5 aromatic rings. The Kier molecular flexibility index (Phi) is 8.02. The molecule has 0 saturated carbocycles. The van der Waals surface area contributed by atoms with E-state index >= 15 is 0 Å². The molecule has 0 unspecified atom stereocenters. The Labute approximate surface area is 274 Å². The van der Waals surface area contributed by atoms with Gasteiger partial charge in [-0.25, -0.2) is 14.7 Å². The summed E-state index contributed by atoms with van der Waals surface area (Å²) in [6, 6.07) is 21.0. The number of hydrogen-bond acceptors (Lipinski definition) is 6. The van der Waals surface area contributed by atoms with Crippen molar-refractivity contribution in [2.45, 2.75) is 6.92 Å². The van der Waals surface area contributed by atoms with E-state index in [9.17, 15) is 19.2 Å². The number of imide groups is 1. The van der Waals surface area contributed by atoms with Crippen LogP contribution in [-0.4, -0.2) is 35.2 Å². The summed E-state index contributed by atoms with van der Waals surface area (Å²) in [4.78, 5) is 58.0. The Balaban J connectivity index is 1.35. The van der Waals surface area contributed by atoms with E-state index in [1.54, 1.807) is 67.6 Å². The lowest BCUT2D eigenvalue weighted by molar-refractivity contribution is 0.0476. The fraction of sp³-hybridized carbons (Fsp3) is 0.0606. The highest BCUT2D eigenvalue weighted by Gasteiger charge is 2.36. The van der Waals surface area contributed by atoms with Gasteiger partial charge in [0.05, 0.1) is 43.6 Å². The maximum absolute atomic E-state index is 13.4. The van der Waals surface area contributed by atoms with Gasteiger partial charge in [-0.15, -0.1) is 0 Å². The van der Waals surface area contributed by atoms with Gasteiger partial charge < -0.3 is 4.74 Å².